The van der Waals surface area contributed by atoms with Gasteiger partial charge in [-0.1, -0.05) is 60.1 Å². The number of anilines is 1. The quantitative estimate of drug-likeness (QED) is 0.759. The molecule has 0 aromatic heterocycles. The zero-order chi connectivity index (χ0) is 15.9. The maximum Gasteiger partial charge on any atom is 0.224 e. The predicted octanol–water partition coefficient (Wildman–Crippen LogP) is 5.15. The van der Waals surface area contributed by atoms with Gasteiger partial charge in [0, 0.05) is 16.6 Å². The van der Waals surface area contributed by atoms with E-state index >= 15 is 0 Å². The van der Waals surface area contributed by atoms with E-state index in [2.05, 4.69) is 59.4 Å². The SMILES string of the molecule is CCc1cc(Br)cc(CC)c1NC(=O)CCc1ccccc1. The van der Waals surface area contributed by atoms with Crippen LogP contribution in [0.4, 0.5) is 5.69 Å². The molecule has 2 aromatic carbocycles. The second-order valence-electron chi connectivity index (χ2n) is 5.34. The smallest absolute Gasteiger partial charge is 0.224 e. The van der Waals surface area contributed by atoms with Crippen LogP contribution >= 0.6 is 15.9 Å². The van der Waals surface area contributed by atoms with Crippen LogP contribution < -0.4 is 5.32 Å². The van der Waals surface area contributed by atoms with Crippen LogP contribution in [0.2, 0.25) is 0 Å². The standard InChI is InChI=1S/C19H22BrNO/c1-3-15-12-17(20)13-16(4-2)19(15)21-18(22)11-10-14-8-6-5-7-9-14/h5-9,12-13H,3-4,10-11H2,1-2H3,(H,21,22). The predicted molar refractivity (Wildman–Crippen MR) is 96.3 cm³/mol. The molecule has 2 rings (SSSR count). The minimum absolute atomic E-state index is 0.0792. The summed E-state index contributed by atoms with van der Waals surface area (Å²) in [6.45, 7) is 4.22. The van der Waals surface area contributed by atoms with Crippen LogP contribution in [0, 0.1) is 0 Å². The van der Waals surface area contributed by atoms with Crippen LogP contribution in [-0.2, 0) is 24.1 Å². The van der Waals surface area contributed by atoms with E-state index in [-0.39, 0.29) is 5.91 Å². The lowest BCUT2D eigenvalue weighted by atomic mass is 10.0. The highest BCUT2D eigenvalue weighted by molar-refractivity contribution is 9.10. The van der Waals surface area contributed by atoms with Crippen molar-refractivity contribution in [3.05, 3.63) is 63.6 Å². The molecule has 0 bridgehead atoms. The van der Waals surface area contributed by atoms with Crippen molar-refractivity contribution >= 4 is 27.5 Å². The van der Waals surface area contributed by atoms with Gasteiger partial charge in [0.25, 0.3) is 0 Å². The highest BCUT2D eigenvalue weighted by atomic mass is 79.9. The van der Waals surface area contributed by atoms with E-state index in [0.29, 0.717) is 6.42 Å². The molecule has 22 heavy (non-hydrogen) atoms. The number of nitrogens with one attached hydrogen (secondary N) is 1. The lowest BCUT2D eigenvalue weighted by molar-refractivity contribution is -0.116. The van der Waals surface area contributed by atoms with Gasteiger partial charge in [-0.25, -0.2) is 0 Å². The number of halogens is 1. The number of rotatable bonds is 6. The van der Waals surface area contributed by atoms with Gasteiger partial charge < -0.3 is 5.32 Å². The molecule has 3 heteroatoms. The Bertz CT molecular complexity index is 612. The minimum atomic E-state index is 0.0792. The van der Waals surface area contributed by atoms with Gasteiger partial charge in [-0.3, -0.25) is 4.79 Å². The van der Waals surface area contributed by atoms with Crippen LogP contribution in [0.15, 0.2) is 46.9 Å². The topological polar surface area (TPSA) is 29.1 Å². The first-order valence-electron chi connectivity index (χ1n) is 7.79. The summed E-state index contributed by atoms with van der Waals surface area (Å²) in [5.41, 5.74) is 4.55. The Morgan fingerprint density at radius 2 is 1.64 bits per heavy atom. The van der Waals surface area contributed by atoms with E-state index in [1.807, 2.05) is 18.2 Å². The summed E-state index contributed by atoms with van der Waals surface area (Å²) in [6.07, 6.45) is 3.08. The van der Waals surface area contributed by atoms with Gasteiger partial charge in [-0.15, -0.1) is 0 Å². The van der Waals surface area contributed by atoms with Crippen molar-refractivity contribution in [2.24, 2.45) is 0 Å². The summed E-state index contributed by atoms with van der Waals surface area (Å²) >= 11 is 3.54. The lowest BCUT2D eigenvalue weighted by Gasteiger charge is -2.15. The molecule has 0 saturated carbocycles. The average Bonchev–Trinajstić information content (AvgIpc) is 2.55. The number of carbonyl (C=O) groups excluding carboxylic acids is 1. The second kappa shape index (κ2) is 8.14. The third kappa shape index (κ3) is 4.44. The number of aryl methyl sites for hydroxylation is 3. The van der Waals surface area contributed by atoms with E-state index in [1.54, 1.807) is 0 Å². The monoisotopic (exact) mass is 359 g/mol. The Hall–Kier alpha value is -1.61. The maximum absolute atomic E-state index is 12.3. The highest BCUT2D eigenvalue weighted by Crippen LogP contribution is 2.27. The van der Waals surface area contributed by atoms with Crippen molar-refractivity contribution in [1.29, 1.82) is 0 Å². The molecule has 2 aromatic rings. The van der Waals surface area contributed by atoms with E-state index in [0.717, 1.165) is 29.4 Å². The molecule has 0 unspecified atom stereocenters. The number of hydrogen-bond acceptors (Lipinski definition) is 1. The van der Waals surface area contributed by atoms with Gasteiger partial charge in [0.05, 0.1) is 0 Å². The second-order valence-corrected chi connectivity index (χ2v) is 6.26. The molecule has 0 aliphatic carbocycles. The largest absolute Gasteiger partial charge is 0.326 e. The third-order valence-electron chi connectivity index (χ3n) is 3.78. The van der Waals surface area contributed by atoms with Crippen LogP contribution in [-0.4, -0.2) is 5.91 Å². The van der Waals surface area contributed by atoms with Crippen molar-refractivity contribution in [3.63, 3.8) is 0 Å². The molecule has 1 amide bonds. The first-order valence-corrected chi connectivity index (χ1v) is 8.58. The van der Waals surface area contributed by atoms with Crippen LogP contribution in [0.3, 0.4) is 0 Å². The van der Waals surface area contributed by atoms with Gasteiger partial charge in [0.15, 0.2) is 0 Å². The van der Waals surface area contributed by atoms with E-state index < -0.39 is 0 Å². The van der Waals surface area contributed by atoms with E-state index in [9.17, 15) is 4.79 Å². The van der Waals surface area contributed by atoms with Crippen molar-refractivity contribution in [1.82, 2.24) is 0 Å². The van der Waals surface area contributed by atoms with Crippen LogP contribution in [0.5, 0.6) is 0 Å². The van der Waals surface area contributed by atoms with E-state index in [4.69, 9.17) is 0 Å². The van der Waals surface area contributed by atoms with Gasteiger partial charge in [0.1, 0.15) is 0 Å². The van der Waals surface area contributed by atoms with Crippen molar-refractivity contribution in [2.45, 2.75) is 39.5 Å². The summed E-state index contributed by atoms with van der Waals surface area (Å²) in [5.74, 6) is 0.0792. The van der Waals surface area contributed by atoms with Crippen molar-refractivity contribution in [2.75, 3.05) is 5.32 Å². The van der Waals surface area contributed by atoms with Crippen LogP contribution in [0.25, 0.3) is 0 Å². The van der Waals surface area contributed by atoms with Crippen molar-refractivity contribution < 1.29 is 4.79 Å². The fourth-order valence-corrected chi connectivity index (χ4v) is 3.10. The summed E-state index contributed by atoms with van der Waals surface area (Å²) in [6, 6.07) is 14.3. The Morgan fingerprint density at radius 1 is 1.05 bits per heavy atom. The number of benzene rings is 2. The number of amides is 1. The minimum Gasteiger partial charge on any atom is -0.326 e. The number of hydrogen-bond donors (Lipinski definition) is 1. The van der Waals surface area contributed by atoms with Crippen LogP contribution in [0.1, 0.15) is 37.0 Å². The fourth-order valence-electron chi connectivity index (χ4n) is 2.55. The zero-order valence-electron chi connectivity index (χ0n) is 13.2. The Labute approximate surface area is 141 Å². The van der Waals surface area contributed by atoms with Gasteiger partial charge in [-0.2, -0.15) is 0 Å². The van der Waals surface area contributed by atoms with E-state index in [1.165, 1.54) is 16.7 Å². The summed E-state index contributed by atoms with van der Waals surface area (Å²) in [7, 11) is 0. The molecule has 116 valence electrons. The van der Waals surface area contributed by atoms with Crippen molar-refractivity contribution in [3.8, 4) is 0 Å². The Kier molecular flexibility index (Phi) is 6.20. The Morgan fingerprint density at radius 3 is 2.18 bits per heavy atom. The zero-order valence-corrected chi connectivity index (χ0v) is 14.7. The molecule has 0 radical (unpaired) electrons. The molecule has 0 aliphatic rings. The maximum atomic E-state index is 12.3. The van der Waals surface area contributed by atoms with Gasteiger partial charge in [-0.05, 0) is 48.1 Å². The molecule has 0 saturated heterocycles. The molecule has 0 aliphatic heterocycles. The fraction of sp³-hybridized carbons (Fsp3) is 0.316. The average molecular weight is 360 g/mol. The highest BCUT2D eigenvalue weighted by Gasteiger charge is 2.11. The lowest BCUT2D eigenvalue weighted by Crippen LogP contribution is -2.15. The molecule has 2 nitrogen and oxygen atoms in total. The molecule has 0 fully saturated rings. The normalized spacial score (nSPS) is 10.5. The first kappa shape index (κ1) is 16.8. The summed E-state index contributed by atoms with van der Waals surface area (Å²) in [4.78, 5) is 12.3. The summed E-state index contributed by atoms with van der Waals surface area (Å²) < 4.78 is 1.07. The first-order chi connectivity index (χ1) is 10.6. The van der Waals surface area contributed by atoms with Gasteiger partial charge in [0.2, 0.25) is 5.91 Å². The molecule has 0 heterocycles. The summed E-state index contributed by atoms with van der Waals surface area (Å²) in [5, 5.41) is 3.12. The Balaban J connectivity index is 2.08. The molecule has 0 atom stereocenters. The van der Waals surface area contributed by atoms with Gasteiger partial charge >= 0.3 is 0 Å². The molecular weight excluding hydrogens is 338 g/mol. The molecule has 1 N–H and O–H groups in total. The molecular formula is C19H22BrNO. The third-order valence-corrected chi connectivity index (χ3v) is 4.23. The molecule has 0 spiro atoms. The number of carbonyl (C=O) groups is 1.